The molecule has 29 heavy (non-hydrogen) atoms. The second-order valence-corrected chi connectivity index (χ2v) is 7.98. The van der Waals surface area contributed by atoms with Gasteiger partial charge in [0, 0.05) is 12.1 Å². The summed E-state index contributed by atoms with van der Waals surface area (Å²) >= 11 is 0. The van der Waals surface area contributed by atoms with Crippen LogP contribution in [0, 0.1) is 0 Å². The van der Waals surface area contributed by atoms with Crippen LogP contribution in [0.4, 0.5) is 10.5 Å². The van der Waals surface area contributed by atoms with Gasteiger partial charge in [0.1, 0.15) is 0 Å². The molecule has 5 rings (SSSR count). The first kappa shape index (κ1) is 17.9. The van der Waals surface area contributed by atoms with Gasteiger partial charge in [-0.05, 0) is 47.2 Å². The highest BCUT2D eigenvalue weighted by molar-refractivity contribution is 5.92. The average molecular weight is 383 g/mol. The van der Waals surface area contributed by atoms with Gasteiger partial charge in [-0.1, -0.05) is 67.8 Å². The molecule has 0 radical (unpaired) electrons. The molecule has 0 bridgehead atoms. The molecule has 2 aromatic carbocycles. The summed E-state index contributed by atoms with van der Waals surface area (Å²) < 4.78 is 0. The largest absolute Gasteiger partial charge is 0.327 e. The van der Waals surface area contributed by atoms with Crippen molar-refractivity contribution in [3.8, 4) is 11.1 Å². The number of rotatable bonds is 3. The highest BCUT2D eigenvalue weighted by atomic mass is 16.2. The monoisotopic (exact) mass is 383 g/mol. The molecule has 0 unspecified atom stereocenters. The summed E-state index contributed by atoms with van der Waals surface area (Å²) in [4.78, 5) is 17.6. The Balaban J connectivity index is 1.38. The van der Waals surface area contributed by atoms with Crippen molar-refractivity contribution in [2.45, 2.75) is 44.1 Å². The van der Waals surface area contributed by atoms with Crippen molar-refractivity contribution in [1.29, 1.82) is 0 Å². The van der Waals surface area contributed by atoms with Crippen LogP contribution in [0.3, 0.4) is 0 Å². The fraction of sp³-hybridized carbons (Fsp3) is 0.280. The van der Waals surface area contributed by atoms with Gasteiger partial charge in [-0.3, -0.25) is 4.98 Å². The second-order valence-electron chi connectivity index (χ2n) is 7.98. The third-order valence-corrected chi connectivity index (χ3v) is 6.19. The van der Waals surface area contributed by atoms with Gasteiger partial charge in [0.15, 0.2) is 0 Å². The summed E-state index contributed by atoms with van der Waals surface area (Å²) in [7, 11) is 0. The van der Waals surface area contributed by atoms with Crippen LogP contribution >= 0.6 is 0 Å². The number of benzene rings is 2. The van der Waals surface area contributed by atoms with Crippen molar-refractivity contribution in [1.82, 2.24) is 10.3 Å². The maximum absolute atomic E-state index is 13.0. The lowest BCUT2D eigenvalue weighted by atomic mass is 9.86. The van der Waals surface area contributed by atoms with Crippen LogP contribution in [0.2, 0.25) is 0 Å². The van der Waals surface area contributed by atoms with E-state index in [9.17, 15) is 4.79 Å². The zero-order chi connectivity index (χ0) is 19.6. The topological polar surface area (TPSA) is 54.0 Å². The number of hydrogen-bond acceptors (Lipinski definition) is 2. The summed E-state index contributed by atoms with van der Waals surface area (Å²) in [5, 5.41) is 6.28. The number of nitrogens with zero attached hydrogens (tertiary/aromatic N) is 1. The van der Waals surface area contributed by atoms with Gasteiger partial charge >= 0.3 is 6.03 Å². The molecule has 2 aliphatic carbocycles. The Hall–Kier alpha value is -3.14. The number of pyridine rings is 1. The summed E-state index contributed by atoms with van der Waals surface area (Å²) in [6, 6.07) is 20.1. The minimum atomic E-state index is -0.188. The Morgan fingerprint density at radius 3 is 2.17 bits per heavy atom. The summed E-state index contributed by atoms with van der Waals surface area (Å²) in [6.45, 7) is 0. The second kappa shape index (κ2) is 7.70. The van der Waals surface area contributed by atoms with E-state index in [1.807, 2.05) is 42.6 Å². The molecule has 1 heterocycles. The number of carbonyl (C=O) groups is 1. The van der Waals surface area contributed by atoms with Crippen LogP contribution in [-0.4, -0.2) is 11.0 Å². The van der Waals surface area contributed by atoms with E-state index in [4.69, 9.17) is 0 Å². The predicted molar refractivity (Wildman–Crippen MR) is 116 cm³/mol. The van der Waals surface area contributed by atoms with E-state index in [2.05, 4.69) is 39.9 Å². The van der Waals surface area contributed by atoms with E-state index >= 15 is 0 Å². The number of amides is 2. The van der Waals surface area contributed by atoms with Crippen LogP contribution in [0.5, 0.6) is 0 Å². The van der Waals surface area contributed by atoms with Crippen LogP contribution in [0.25, 0.3) is 11.1 Å². The molecule has 4 nitrogen and oxygen atoms in total. The molecular weight excluding hydrogens is 358 g/mol. The van der Waals surface area contributed by atoms with Crippen LogP contribution < -0.4 is 10.6 Å². The Morgan fingerprint density at radius 1 is 0.828 bits per heavy atom. The molecule has 0 atom stereocenters. The molecule has 3 aromatic rings. The highest BCUT2D eigenvalue weighted by Gasteiger charge is 2.29. The van der Waals surface area contributed by atoms with Gasteiger partial charge in [0.2, 0.25) is 0 Å². The lowest BCUT2D eigenvalue weighted by molar-refractivity contribution is 0.250. The number of anilines is 1. The molecule has 2 amide bonds. The summed E-state index contributed by atoms with van der Waals surface area (Å²) in [5.41, 5.74) is 6.52. The zero-order valence-electron chi connectivity index (χ0n) is 16.4. The van der Waals surface area contributed by atoms with Gasteiger partial charge in [-0.25, -0.2) is 4.79 Å². The summed E-state index contributed by atoms with van der Waals surface area (Å²) in [6.07, 6.45) is 7.90. The quantitative estimate of drug-likeness (QED) is 0.581. The Kier molecular flexibility index (Phi) is 4.76. The van der Waals surface area contributed by atoms with Crippen molar-refractivity contribution in [3.63, 3.8) is 0 Å². The van der Waals surface area contributed by atoms with Gasteiger partial charge in [0.25, 0.3) is 0 Å². The molecule has 2 N–H and O–H groups in total. The maximum Gasteiger partial charge on any atom is 0.320 e. The normalized spacial score (nSPS) is 16.1. The maximum atomic E-state index is 13.0. The van der Waals surface area contributed by atoms with Crippen molar-refractivity contribution < 1.29 is 4.79 Å². The third-order valence-electron chi connectivity index (χ3n) is 6.19. The highest BCUT2D eigenvalue weighted by Crippen LogP contribution is 2.43. The molecule has 0 spiro atoms. The molecule has 0 saturated heterocycles. The molecule has 1 fully saturated rings. The average Bonchev–Trinajstić information content (AvgIpc) is 3.09. The van der Waals surface area contributed by atoms with Gasteiger partial charge in [0.05, 0.1) is 17.4 Å². The van der Waals surface area contributed by atoms with Gasteiger partial charge < -0.3 is 10.6 Å². The number of fused-ring (bicyclic) bond motifs is 3. The third kappa shape index (κ3) is 3.39. The first-order valence-corrected chi connectivity index (χ1v) is 10.5. The van der Waals surface area contributed by atoms with E-state index in [0.717, 1.165) is 35.3 Å². The van der Waals surface area contributed by atoms with Gasteiger partial charge in [-0.15, -0.1) is 0 Å². The standard InChI is InChI=1S/C25H25N3O/c29-25(27-22-15-8-16-26-23(22)17-9-2-1-3-10-17)28-24-20-13-6-4-11-18(20)19-12-5-7-14-21(19)24/h4-8,11-17,24H,1-3,9-10H2,(H2,27,28,29). The fourth-order valence-electron chi connectivity index (χ4n) is 4.83. The molecule has 1 aromatic heterocycles. The molecule has 146 valence electrons. The summed E-state index contributed by atoms with van der Waals surface area (Å²) in [5.74, 6) is 0.438. The number of urea groups is 1. The Bertz CT molecular complexity index is 994. The first-order valence-electron chi connectivity index (χ1n) is 10.5. The fourth-order valence-corrected chi connectivity index (χ4v) is 4.83. The van der Waals surface area contributed by atoms with E-state index in [1.165, 1.54) is 30.4 Å². The number of hydrogen-bond donors (Lipinski definition) is 2. The Morgan fingerprint density at radius 2 is 1.48 bits per heavy atom. The number of aromatic nitrogens is 1. The number of carbonyl (C=O) groups excluding carboxylic acids is 1. The van der Waals surface area contributed by atoms with Crippen molar-refractivity contribution in [2.75, 3.05) is 5.32 Å². The van der Waals surface area contributed by atoms with Crippen molar-refractivity contribution in [3.05, 3.63) is 83.7 Å². The van der Waals surface area contributed by atoms with E-state index in [1.54, 1.807) is 0 Å². The SMILES string of the molecule is O=C(Nc1cccnc1C1CCCCC1)NC1c2ccccc2-c2ccccc21. The van der Waals surface area contributed by atoms with Gasteiger partial charge in [-0.2, -0.15) is 0 Å². The first-order chi connectivity index (χ1) is 14.3. The van der Waals surface area contributed by atoms with E-state index < -0.39 is 0 Å². The van der Waals surface area contributed by atoms with Crippen LogP contribution in [0.1, 0.15) is 60.9 Å². The number of nitrogens with one attached hydrogen (secondary N) is 2. The predicted octanol–water partition coefficient (Wildman–Crippen LogP) is 6.02. The zero-order valence-corrected chi connectivity index (χ0v) is 16.4. The minimum Gasteiger partial charge on any atom is -0.327 e. The van der Waals surface area contributed by atoms with Crippen LogP contribution in [0.15, 0.2) is 66.9 Å². The Labute approximate surface area is 171 Å². The molecule has 1 saturated carbocycles. The molecule has 0 aliphatic heterocycles. The lowest BCUT2D eigenvalue weighted by Crippen LogP contribution is -2.32. The van der Waals surface area contributed by atoms with E-state index in [0.29, 0.717) is 5.92 Å². The van der Waals surface area contributed by atoms with Crippen LogP contribution in [-0.2, 0) is 0 Å². The molecule has 4 heteroatoms. The minimum absolute atomic E-state index is 0.141. The molecule has 2 aliphatic rings. The van der Waals surface area contributed by atoms with Crippen molar-refractivity contribution >= 4 is 11.7 Å². The lowest BCUT2D eigenvalue weighted by Gasteiger charge is -2.24. The molecular formula is C25H25N3O. The van der Waals surface area contributed by atoms with Crippen molar-refractivity contribution in [2.24, 2.45) is 0 Å². The smallest absolute Gasteiger partial charge is 0.320 e. The van der Waals surface area contributed by atoms with E-state index in [-0.39, 0.29) is 12.1 Å².